The summed E-state index contributed by atoms with van der Waals surface area (Å²) in [6, 6.07) is 14.7. The summed E-state index contributed by atoms with van der Waals surface area (Å²) in [4.78, 5) is 0. The third-order valence-electron chi connectivity index (χ3n) is 3.71. The Morgan fingerprint density at radius 3 is 2.90 bits per heavy atom. The van der Waals surface area contributed by atoms with Crippen LogP contribution in [-0.2, 0) is 6.42 Å². The van der Waals surface area contributed by atoms with Crippen LogP contribution in [0.25, 0.3) is 0 Å². The second-order valence-corrected chi connectivity index (χ2v) is 6.08. The quantitative estimate of drug-likeness (QED) is 0.870. The summed E-state index contributed by atoms with van der Waals surface area (Å²) in [6.07, 6.45) is 2.31. The Morgan fingerprint density at radius 1 is 1.20 bits per heavy atom. The van der Waals surface area contributed by atoms with Crippen molar-refractivity contribution < 1.29 is 4.74 Å². The highest BCUT2D eigenvalue weighted by Crippen LogP contribution is 2.25. The Balaban J connectivity index is 1.69. The minimum absolute atomic E-state index is 0.211. The topological polar surface area (TPSA) is 21.3 Å². The Morgan fingerprint density at radius 2 is 2.05 bits per heavy atom. The number of nitrogens with one attached hydrogen (secondary N) is 1. The van der Waals surface area contributed by atoms with E-state index in [-0.39, 0.29) is 6.10 Å². The molecule has 2 aromatic rings. The van der Waals surface area contributed by atoms with Crippen molar-refractivity contribution >= 4 is 21.6 Å². The molecule has 3 rings (SSSR count). The molecule has 1 N–H and O–H groups in total. The van der Waals surface area contributed by atoms with Crippen molar-refractivity contribution in [2.75, 3.05) is 11.9 Å². The molecule has 0 saturated heterocycles. The van der Waals surface area contributed by atoms with Crippen LogP contribution in [-0.4, -0.2) is 12.6 Å². The van der Waals surface area contributed by atoms with Gasteiger partial charge in [0.1, 0.15) is 11.9 Å². The lowest BCUT2D eigenvalue weighted by Crippen LogP contribution is -2.24. The van der Waals surface area contributed by atoms with Crippen molar-refractivity contribution in [1.29, 1.82) is 0 Å². The van der Waals surface area contributed by atoms with E-state index in [0.717, 1.165) is 29.6 Å². The maximum atomic E-state index is 6.12. The minimum Gasteiger partial charge on any atom is -0.489 e. The molecular formula is C17H18BrNO. The van der Waals surface area contributed by atoms with E-state index in [1.165, 1.54) is 16.8 Å². The number of ether oxygens (including phenoxy) is 1. The van der Waals surface area contributed by atoms with E-state index in [1.54, 1.807) is 0 Å². The monoisotopic (exact) mass is 331 g/mol. The summed E-state index contributed by atoms with van der Waals surface area (Å²) in [5.41, 5.74) is 3.82. The zero-order valence-electron chi connectivity index (χ0n) is 11.5. The van der Waals surface area contributed by atoms with E-state index >= 15 is 0 Å². The average molecular weight is 332 g/mol. The first-order chi connectivity index (χ1) is 9.72. The van der Waals surface area contributed by atoms with Crippen LogP contribution < -0.4 is 10.1 Å². The standard InChI is InChI=1S/C17H18BrNO/c1-12-10-14(8-9-16(12)18)20-15-7-6-13-4-2-3-5-17(13)19-11-15/h2-5,8-10,15,19H,6-7,11H2,1H3. The Hall–Kier alpha value is -1.48. The summed E-state index contributed by atoms with van der Waals surface area (Å²) in [6.45, 7) is 2.93. The molecule has 2 aromatic carbocycles. The van der Waals surface area contributed by atoms with Gasteiger partial charge in [-0.05, 0) is 55.2 Å². The highest BCUT2D eigenvalue weighted by molar-refractivity contribution is 9.10. The number of fused-ring (bicyclic) bond motifs is 1. The van der Waals surface area contributed by atoms with Crippen molar-refractivity contribution in [3.8, 4) is 5.75 Å². The number of anilines is 1. The van der Waals surface area contributed by atoms with E-state index < -0.39 is 0 Å². The van der Waals surface area contributed by atoms with E-state index in [2.05, 4.69) is 58.5 Å². The first-order valence-corrected chi connectivity index (χ1v) is 7.76. The Bertz CT molecular complexity index is 585. The van der Waals surface area contributed by atoms with Crippen molar-refractivity contribution in [1.82, 2.24) is 0 Å². The second kappa shape index (κ2) is 5.88. The third kappa shape index (κ3) is 2.98. The molecule has 0 bridgehead atoms. The van der Waals surface area contributed by atoms with E-state index in [0.29, 0.717) is 0 Å². The summed E-state index contributed by atoms with van der Waals surface area (Å²) < 4.78 is 7.24. The van der Waals surface area contributed by atoms with Gasteiger partial charge in [0.25, 0.3) is 0 Å². The zero-order chi connectivity index (χ0) is 13.9. The van der Waals surface area contributed by atoms with E-state index in [1.807, 2.05) is 12.1 Å². The van der Waals surface area contributed by atoms with Gasteiger partial charge in [-0.2, -0.15) is 0 Å². The molecule has 1 unspecified atom stereocenters. The van der Waals surface area contributed by atoms with Crippen molar-refractivity contribution in [3.63, 3.8) is 0 Å². The molecule has 1 atom stereocenters. The van der Waals surface area contributed by atoms with Gasteiger partial charge in [0.2, 0.25) is 0 Å². The van der Waals surface area contributed by atoms with Crippen LogP contribution in [0.4, 0.5) is 5.69 Å². The smallest absolute Gasteiger partial charge is 0.120 e. The van der Waals surface area contributed by atoms with Crippen LogP contribution in [0.3, 0.4) is 0 Å². The van der Waals surface area contributed by atoms with E-state index in [9.17, 15) is 0 Å². The fourth-order valence-corrected chi connectivity index (χ4v) is 2.78. The predicted octanol–water partition coefficient (Wildman–Crippen LogP) is 4.56. The van der Waals surface area contributed by atoms with Gasteiger partial charge in [-0.3, -0.25) is 0 Å². The van der Waals surface area contributed by atoms with Gasteiger partial charge in [-0.1, -0.05) is 34.1 Å². The molecule has 104 valence electrons. The van der Waals surface area contributed by atoms with Gasteiger partial charge >= 0.3 is 0 Å². The molecule has 0 fully saturated rings. The van der Waals surface area contributed by atoms with E-state index in [4.69, 9.17) is 4.74 Å². The van der Waals surface area contributed by atoms with Gasteiger partial charge in [0.15, 0.2) is 0 Å². The molecule has 0 spiro atoms. The molecule has 0 radical (unpaired) electrons. The van der Waals surface area contributed by atoms with Gasteiger partial charge < -0.3 is 10.1 Å². The maximum absolute atomic E-state index is 6.12. The van der Waals surface area contributed by atoms with Crippen molar-refractivity contribution in [3.05, 3.63) is 58.1 Å². The molecule has 0 aliphatic carbocycles. The van der Waals surface area contributed by atoms with Crippen LogP contribution in [0.2, 0.25) is 0 Å². The van der Waals surface area contributed by atoms with Crippen LogP contribution in [0.1, 0.15) is 17.5 Å². The van der Waals surface area contributed by atoms with Gasteiger partial charge in [-0.25, -0.2) is 0 Å². The lowest BCUT2D eigenvalue weighted by Gasteiger charge is -2.18. The predicted molar refractivity (Wildman–Crippen MR) is 86.5 cm³/mol. The maximum Gasteiger partial charge on any atom is 0.120 e. The number of benzene rings is 2. The van der Waals surface area contributed by atoms with Gasteiger partial charge in [0, 0.05) is 10.2 Å². The molecule has 3 heteroatoms. The number of halogens is 1. The lowest BCUT2D eigenvalue weighted by molar-refractivity contribution is 0.206. The Labute approximate surface area is 128 Å². The van der Waals surface area contributed by atoms with Crippen molar-refractivity contribution in [2.24, 2.45) is 0 Å². The third-order valence-corrected chi connectivity index (χ3v) is 4.60. The Kier molecular flexibility index (Phi) is 3.97. The molecule has 1 aliphatic rings. The normalized spacial score (nSPS) is 17.8. The first-order valence-electron chi connectivity index (χ1n) is 6.97. The molecule has 2 nitrogen and oxygen atoms in total. The SMILES string of the molecule is Cc1cc(OC2CCc3ccccc3NC2)ccc1Br. The molecule has 0 aromatic heterocycles. The first kappa shape index (κ1) is 13.5. The second-order valence-electron chi connectivity index (χ2n) is 5.23. The van der Waals surface area contributed by atoms with Gasteiger partial charge in [-0.15, -0.1) is 0 Å². The molecule has 0 amide bonds. The van der Waals surface area contributed by atoms with Crippen LogP contribution in [0.15, 0.2) is 46.9 Å². The number of aryl methyl sites for hydroxylation is 2. The van der Waals surface area contributed by atoms with Crippen LogP contribution >= 0.6 is 15.9 Å². The largest absolute Gasteiger partial charge is 0.489 e. The zero-order valence-corrected chi connectivity index (χ0v) is 13.1. The van der Waals surface area contributed by atoms with Crippen molar-refractivity contribution in [2.45, 2.75) is 25.9 Å². The number of rotatable bonds is 2. The van der Waals surface area contributed by atoms with Crippen LogP contribution in [0, 0.1) is 6.92 Å². The lowest BCUT2D eigenvalue weighted by atomic mass is 10.1. The van der Waals surface area contributed by atoms with Crippen LogP contribution in [0.5, 0.6) is 5.75 Å². The summed E-state index contributed by atoms with van der Waals surface area (Å²) in [5.74, 6) is 0.948. The fourth-order valence-electron chi connectivity index (χ4n) is 2.54. The molecule has 0 saturated carbocycles. The number of hydrogen-bond donors (Lipinski definition) is 1. The summed E-state index contributed by atoms with van der Waals surface area (Å²) in [7, 11) is 0. The minimum atomic E-state index is 0.211. The molecule has 1 aliphatic heterocycles. The number of para-hydroxylation sites is 1. The molecular weight excluding hydrogens is 314 g/mol. The van der Waals surface area contributed by atoms with Gasteiger partial charge in [0.05, 0.1) is 6.54 Å². The summed E-state index contributed by atoms with van der Waals surface area (Å²) in [5, 5.41) is 3.49. The average Bonchev–Trinajstić information content (AvgIpc) is 2.66. The molecule has 1 heterocycles. The highest BCUT2D eigenvalue weighted by atomic mass is 79.9. The number of hydrogen-bond acceptors (Lipinski definition) is 2. The summed E-state index contributed by atoms with van der Waals surface area (Å²) >= 11 is 3.52. The highest BCUT2D eigenvalue weighted by Gasteiger charge is 2.16. The molecule has 20 heavy (non-hydrogen) atoms. The fraction of sp³-hybridized carbons (Fsp3) is 0.294.